The SMILES string of the molecule is CC(O)c1cc([N+](=O)[O-])c(SC2CCOC2C)s1. The van der Waals surface area contributed by atoms with Gasteiger partial charge in [-0.15, -0.1) is 23.1 Å². The molecule has 0 amide bonds. The molecule has 1 aliphatic heterocycles. The predicted molar refractivity (Wildman–Crippen MR) is 71.3 cm³/mol. The summed E-state index contributed by atoms with van der Waals surface area (Å²) in [5, 5.41) is 20.8. The smallest absolute Gasteiger partial charge is 0.294 e. The molecule has 1 fully saturated rings. The van der Waals surface area contributed by atoms with Gasteiger partial charge in [-0.25, -0.2) is 0 Å². The van der Waals surface area contributed by atoms with Gasteiger partial charge in [0.2, 0.25) is 0 Å². The molecule has 0 saturated carbocycles. The molecule has 5 nitrogen and oxygen atoms in total. The largest absolute Gasteiger partial charge is 0.388 e. The van der Waals surface area contributed by atoms with Crippen molar-refractivity contribution in [2.24, 2.45) is 0 Å². The molecule has 18 heavy (non-hydrogen) atoms. The molecule has 2 heterocycles. The van der Waals surface area contributed by atoms with E-state index in [0.717, 1.165) is 6.42 Å². The van der Waals surface area contributed by atoms with Crippen LogP contribution in [0.25, 0.3) is 0 Å². The summed E-state index contributed by atoms with van der Waals surface area (Å²) >= 11 is 2.79. The quantitative estimate of drug-likeness (QED) is 0.681. The molecule has 0 bridgehead atoms. The molecular formula is C11H15NO4S2. The predicted octanol–water partition coefficient (Wildman–Crippen LogP) is 2.98. The summed E-state index contributed by atoms with van der Waals surface area (Å²) in [4.78, 5) is 11.3. The van der Waals surface area contributed by atoms with E-state index in [1.54, 1.807) is 6.92 Å². The maximum absolute atomic E-state index is 11.0. The molecule has 100 valence electrons. The first kappa shape index (κ1) is 13.8. The Morgan fingerprint density at radius 1 is 1.72 bits per heavy atom. The number of thiophene rings is 1. The maximum Gasteiger partial charge on any atom is 0.294 e. The molecule has 0 spiro atoms. The number of nitro groups is 1. The molecule has 0 aliphatic carbocycles. The van der Waals surface area contributed by atoms with Gasteiger partial charge in [-0.05, 0) is 20.3 Å². The lowest BCUT2D eigenvalue weighted by molar-refractivity contribution is -0.387. The monoisotopic (exact) mass is 289 g/mol. The normalized spacial score (nSPS) is 25.3. The molecule has 7 heteroatoms. The number of aliphatic hydroxyl groups excluding tert-OH is 1. The van der Waals surface area contributed by atoms with Crippen LogP contribution in [0.15, 0.2) is 10.3 Å². The highest BCUT2D eigenvalue weighted by Gasteiger charge is 2.30. The van der Waals surface area contributed by atoms with Crippen LogP contribution in [0.1, 0.15) is 31.2 Å². The molecule has 1 N–H and O–H groups in total. The van der Waals surface area contributed by atoms with Crippen LogP contribution in [0.3, 0.4) is 0 Å². The first-order valence-corrected chi connectivity index (χ1v) is 7.43. The van der Waals surface area contributed by atoms with Gasteiger partial charge >= 0.3 is 0 Å². The number of hydrogen-bond acceptors (Lipinski definition) is 6. The fraction of sp³-hybridized carbons (Fsp3) is 0.636. The maximum atomic E-state index is 11.0. The summed E-state index contributed by atoms with van der Waals surface area (Å²) in [6, 6.07) is 1.47. The number of thioether (sulfide) groups is 1. The van der Waals surface area contributed by atoms with Crippen molar-refractivity contribution in [3.63, 3.8) is 0 Å². The molecule has 1 aliphatic rings. The molecule has 0 radical (unpaired) electrons. The molecule has 3 atom stereocenters. The molecule has 2 rings (SSSR count). The highest BCUT2D eigenvalue weighted by atomic mass is 32.2. The van der Waals surface area contributed by atoms with E-state index < -0.39 is 6.10 Å². The van der Waals surface area contributed by atoms with Crippen molar-refractivity contribution in [2.45, 2.75) is 41.9 Å². The Morgan fingerprint density at radius 2 is 2.44 bits per heavy atom. The standard InChI is InChI=1S/C11H15NO4S2/c1-6(13)10-5-8(12(14)15)11(18-10)17-9-3-4-16-7(9)2/h5-7,9,13H,3-4H2,1-2H3. The van der Waals surface area contributed by atoms with Crippen LogP contribution in [0.2, 0.25) is 0 Å². The van der Waals surface area contributed by atoms with Crippen LogP contribution >= 0.6 is 23.1 Å². The van der Waals surface area contributed by atoms with Crippen LogP contribution in [-0.4, -0.2) is 28.0 Å². The first-order valence-electron chi connectivity index (χ1n) is 5.73. The van der Waals surface area contributed by atoms with Gasteiger partial charge in [0.1, 0.15) is 4.21 Å². The first-order chi connectivity index (χ1) is 8.49. The number of nitrogens with zero attached hydrogens (tertiary/aromatic N) is 1. The van der Waals surface area contributed by atoms with Gasteiger partial charge < -0.3 is 9.84 Å². The third kappa shape index (κ3) is 2.85. The van der Waals surface area contributed by atoms with Crippen molar-refractivity contribution in [3.05, 3.63) is 21.1 Å². The van der Waals surface area contributed by atoms with E-state index in [9.17, 15) is 15.2 Å². The number of hydrogen-bond donors (Lipinski definition) is 1. The lowest BCUT2D eigenvalue weighted by Gasteiger charge is -2.11. The number of aliphatic hydroxyl groups is 1. The summed E-state index contributed by atoms with van der Waals surface area (Å²) in [6.45, 7) is 4.31. The second kappa shape index (κ2) is 5.56. The van der Waals surface area contributed by atoms with Gasteiger partial charge in [-0.1, -0.05) is 0 Å². The summed E-state index contributed by atoms with van der Waals surface area (Å²) in [7, 11) is 0. The van der Waals surface area contributed by atoms with Crippen molar-refractivity contribution in [1.82, 2.24) is 0 Å². The fourth-order valence-corrected chi connectivity index (χ4v) is 4.46. The van der Waals surface area contributed by atoms with E-state index >= 15 is 0 Å². The zero-order chi connectivity index (χ0) is 13.3. The third-order valence-electron chi connectivity index (χ3n) is 2.87. The average molecular weight is 289 g/mol. The molecule has 1 aromatic heterocycles. The van der Waals surface area contributed by atoms with Crippen molar-refractivity contribution in [3.8, 4) is 0 Å². The van der Waals surface area contributed by atoms with Crippen molar-refractivity contribution >= 4 is 28.8 Å². The van der Waals surface area contributed by atoms with Crippen LogP contribution < -0.4 is 0 Å². The second-order valence-electron chi connectivity index (χ2n) is 4.28. The summed E-state index contributed by atoms with van der Waals surface area (Å²) in [5.74, 6) is 0. The Bertz CT molecular complexity index is 446. The summed E-state index contributed by atoms with van der Waals surface area (Å²) in [6.07, 6.45) is 0.359. The van der Waals surface area contributed by atoms with Crippen LogP contribution in [0.4, 0.5) is 5.69 Å². The molecule has 0 aromatic carbocycles. The topological polar surface area (TPSA) is 72.6 Å². The van der Waals surface area contributed by atoms with Crippen molar-refractivity contribution in [2.75, 3.05) is 6.61 Å². The minimum Gasteiger partial charge on any atom is -0.388 e. The Hall–Kier alpha value is -0.630. The van der Waals surface area contributed by atoms with E-state index in [-0.39, 0.29) is 22.0 Å². The average Bonchev–Trinajstić information content (AvgIpc) is 2.87. The van der Waals surface area contributed by atoms with Gasteiger partial charge in [0.15, 0.2) is 0 Å². The minimum atomic E-state index is -0.666. The zero-order valence-electron chi connectivity index (χ0n) is 10.2. The lowest BCUT2D eigenvalue weighted by Crippen LogP contribution is -2.12. The number of rotatable bonds is 4. The Balaban J connectivity index is 2.22. The highest BCUT2D eigenvalue weighted by molar-refractivity contribution is 8.01. The van der Waals surface area contributed by atoms with Crippen molar-refractivity contribution in [1.29, 1.82) is 0 Å². The molecule has 1 saturated heterocycles. The van der Waals surface area contributed by atoms with Crippen LogP contribution in [-0.2, 0) is 4.74 Å². The molecule has 1 aromatic rings. The van der Waals surface area contributed by atoms with E-state index in [4.69, 9.17) is 4.74 Å². The Morgan fingerprint density at radius 3 is 2.94 bits per heavy atom. The zero-order valence-corrected chi connectivity index (χ0v) is 11.8. The third-order valence-corrected chi connectivity index (χ3v) is 5.85. The van der Waals surface area contributed by atoms with E-state index in [1.807, 2.05) is 6.92 Å². The minimum absolute atomic E-state index is 0.0972. The van der Waals surface area contributed by atoms with Crippen LogP contribution in [0.5, 0.6) is 0 Å². The van der Waals surface area contributed by atoms with Gasteiger partial charge in [-0.3, -0.25) is 10.1 Å². The summed E-state index contributed by atoms with van der Waals surface area (Å²) < 4.78 is 6.12. The fourth-order valence-electron chi connectivity index (χ4n) is 1.80. The summed E-state index contributed by atoms with van der Waals surface area (Å²) in [5.41, 5.74) is 0.0972. The van der Waals surface area contributed by atoms with E-state index in [2.05, 4.69) is 0 Å². The lowest BCUT2D eigenvalue weighted by atomic mass is 10.3. The van der Waals surface area contributed by atoms with Crippen LogP contribution in [0, 0.1) is 10.1 Å². The van der Waals surface area contributed by atoms with Crippen molar-refractivity contribution < 1.29 is 14.8 Å². The Labute approximate surface area is 113 Å². The van der Waals surface area contributed by atoms with E-state index in [0.29, 0.717) is 15.7 Å². The molecular weight excluding hydrogens is 274 g/mol. The van der Waals surface area contributed by atoms with Gasteiger partial charge in [0.25, 0.3) is 5.69 Å². The number of ether oxygens (including phenoxy) is 1. The van der Waals surface area contributed by atoms with E-state index in [1.165, 1.54) is 29.2 Å². The molecule has 3 unspecified atom stereocenters. The van der Waals surface area contributed by atoms with Gasteiger partial charge in [-0.2, -0.15) is 0 Å². The van der Waals surface area contributed by atoms with Gasteiger partial charge in [0, 0.05) is 22.8 Å². The Kier molecular flexibility index (Phi) is 4.26. The second-order valence-corrected chi connectivity index (χ2v) is 6.87. The van der Waals surface area contributed by atoms with Gasteiger partial charge in [0.05, 0.1) is 17.1 Å². The highest BCUT2D eigenvalue weighted by Crippen LogP contribution is 2.44.